The van der Waals surface area contributed by atoms with Crippen molar-refractivity contribution < 1.29 is 5.59 Å². The summed E-state index contributed by atoms with van der Waals surface area (Å²) in [6.45, 7) is 0. The third-order valence-corrected chi connectivity index (χ3v) is 0.211. The molecule has 2 N–H and O–H groups in total. The first-order chi connectivity index (χ1) is 2.27. The van der Waals surface area contributed by atoms with E-state index in [1.165, 1.54) is 5.01 Å². The zero-order valence-corrected chi connectivity index (χ0v) is 3.43. The summed E-state index contributed by atoms with van der Waals surface area (Å²) in [6, 6.07) is 0. The number of hydrogen-bond donors (Lipinski definition) is 1. The molecule has 0 radical (unpaired) electrons. The van der Waals surface area contributed by atoms with Gasteiger partial charge in [0, 0.05) is 14.1 Å². The number of nitrogens with zero attached hydrogens (tertiary/aromatic N) is 1. The van der Waals surface area contributed by atoms with E-state index in [0.717, 1.165) is 5.59 Å². The second-order valence-corrected chi connectivity index (χ2v) is 1.07. The number of rotatable bonds is 1. The summed E-state index contributed by atoms with van der Waals surface area (Å²) >= 11 is 0. The molecule has 0 aliphatic rings. The van der Waals surface area contributed by atoms with Crippen LogP contribution in [0.15, 0.2) is 0 Å². The summed E-state index contributed by atoms with van der Waals surface area (Å²) in [7, 11) is 3.38. The van der Waals surface area contributed by atoms with Crippen molar-refractivity contribution in [3.63, 3.8) is 0 Å². The third kappa shape index (κ3) is 3.88. The highest BCUT2D eigenvalue weighted by Gasteiger charge is 1.69. The molecule has 0 aliphatic heterocycles. The fraction of sp³-hybridized carbons (Fsp3) is 1.00. The van der Waals surface area contributed by atoms with Gasteiger partial charge >= 0.3 is 0 Å². The molecule has 0 aliphatic carbocycles. The van der Waals surface area contributed by atoms with Gasteiger partial charge in [0.05, 0.1) is 0 Å². The van der Waals surface area contributed by atoms with E-state index in [-0.39, 0.29) is 0 Å². The van der Waals surface area contributed by atoms with E-state index >= 15 is 0 Å². The van der Waals surface area contributed by atoms with Crippen LogP contribution in [0.2, 0.25) is 0 Å². The molecule has 0 aromatic heterocycles. The summed E-state index contributed by atoms with van der Waals surface area (Å²) in [6.07, 6.45) is 0. The van der Waals surface area contributed by atoms with E-state index < -0.39 is 0 Å². The van der Waals surface area contributed by atoms with Crippen LogP contribution in [0.25, 0.3) is 0 Å². The molecule has 0 saturated carbocycles. The van der Waals surface area contributed by atoms with Crippen molar-refractivity contribution >= 4 is 0 Å². The lowest BCUT2D eigenvalue weighted by Gasteiger charge is -2.06. The van der Waals surface area contributed by atoms with E-state index in [1.54, 1.807) is 14.1 Å². The van der Waals surface area contributed by atoms with Crippen molar-refractivity contribution in [1.29, 1.82) is 0 Å². The quantitative estimate of drug-likeness (QED) is 0.306. The van der Waals surface area contributed by atoms with Gasteiger partial charge in [-0.1, -0.05) is 0 Å². The Morgan fingerprint density at radius 2 is 1.80 bits per heavy atom. The molecule has 3 nitrogen and oxygen atoms in total. The molecule has 0 atom stereocenters. The zero-order valence-electron chi connectivity index (χ0n) is 3.43. The van der Waals surface area contributed by atoms with Gasteiger partial charge in [0.2, 0.25) is 0 Å². The molecule has 0 saturated heterocycles. The second kappa shape index (κ2) is 2.14. The Labute approximate surface area is 31.1 Å². The average molecular weight is 76.1 g/mol. The van der Waals surface area contributed by atoms with Crippen molar-refractivity contribution in [3.05, 3.63) is 5.21 Å². The Bertz CT molecular complexity index is 21.6. The summed E-state index contributed by atoms with van der Waals surface area (Å²) in [5, 5.41) is 10.9. The van der Waals surface area contributed by atoms with Gasteiger partial charge < -0.3 is 10.8 Å². The SMILES string of the molecule is CN(C)[NH2+][O-]. The summed E-state index contributed by atoms with van der Waals surface area (Å²) < 4.78 is 0. The Morgan fingerprint density at radius 3 is 1.80 bits per heavy atom. The summed E-state index contributed by atoms with van der Waals surface area (Å²) in [5.74, 6) is 0. The van der Waals surface area contributed by atoms with E-state index in [2.05, 4.69) is 0 Å². The normalized spacial score (nSPS) is 9.60. The Balaban J connectivity index is 2.54. The highest BCUT2D eigenvalue weighted by Crippen LogP contribution is 1.36. The molecule has 0 aromatic carbocycles. The number of quaternary nitrogens is 1. The standard InChI is InChI=1S/C2H8N2O/c1-4(2)3-5/h3H2,1-2H3. The minimum atomic E-state index is 0.750. The van der Waals surface area contributed by atoms with Crippen LogP contribution >= 0.6 is 0 Å². The van der Waals surface area contributed by atoms with Crippen LogP contribution in [0.4, 0.5) is 0 Å². The fourth-order valence-corrected chi connectivity index (χ4v) is 0. The molecule has 5 heavy (non-hydrogen) atoms. The fourth-order valence-electron chi connectivity index (χ4n) is 0. The topological polar surface area (TPSA) is 42.9 Å². The first kappa shape index (κ1) is 4.88. The van der Waals surface area contributed by atoms with Gasteiger partial charge in [0.15, 0.2) is 0 Å². The molecule has 0 spiro atoms. The second-order valence-electron chi connectivity index (χ2n) is 1.07. The highest BCUT2D eigenvalue weighted by molar-refractivity contribution is 3.95. The molecule has 32 valence electrons. The lowest BCUT2D eigenvalue weighted by molar-refractivity contribution is -0.741. The minimum absolute atomic E-state index is 0.750. The largest absolute Gasteiger partial charge is 0.614 e. The van der Waals surface area contributed by atoms with Gasteiger partial charge in [-0.3, -0.25) is 0 Å². The predicted octanol–water partition coefficient (Wildman–Crippen LogP) is -1.48. The van der Waals surface area contributed by atoms with Crippen LogP contribution in [0.5, 0.6) is 0 Å². The molecule has 0 aromatic rings. The lowest BCUT2D eigenvalue weighted by Crippen LogP contribution is -2.86. The Morgan fingerprint density at radius 1 is 1.60 bits per heavy atom. The molecular weight excluding hydrogens is 68.0 g/mol. The third-order valence-electron chi connectivity index (χ3n) is 0.211. The Kier molecular flexibility index (Phi) is 2.09. The maximum absolute atomic E-state index is 9.43. The van der Waals surface area contributed by atoms with Crippen LogP contribution in [0, 0.1) is 5.21 Å². The number of hydrogen-bond acceptors (Lipinski definition) is 2. The van der Waals surface area contributed by atoms with Gasteiger partial charge in [0.25, 0.3) is 0 Å². The van der Waals surface area contributed by atoms with Crippen molar-refractivity contribution in [3.8, 4) is 0 Å². The maximum atomic E-state index is 9.43. The molecule has 0 bridgehead atoms. The predicted molar refractivity (Wildman–Crippen MR) is 19.0 cm³/mol. The first-order valence-electron chi connectivity index (χ1n) is 1.39. The van der Waals surface area contributed by atoms with Crippen LogP contribution < -0.4 is 5.59 Å². The van der Waals surface area contributed by atoms with Crippen molar-refractivity contribution in [2.24, 2.45) is 0 Å². The van der Waals surface area contributed by atoms with E-state index in [9.17, 15) is 5.21 Å². The summed E-state index contributed by atoms with van der Waals surface area (Å²) in [4.78, 5) is 0. The highest BCUT2D eigenvalue weighted by atomic mass is 16.5. The maximum Gasteiger partial charge on any atom is 0.0361 e. The smallest absolute Gasteiger partial charge is 0.0361 e. The molecule has 0 heterocycles. The van der Waals surface area contributed by atoms with E-state index in [4.69, 9.17) is 0 Å². The molecule has 0 unspecified atom stereocenters. The van der Waals surface area contributed by atoms with E-state index in [1.807, 2.05) is 0 Å². The minimum Gasteiger partial charge on any atom is -0.614 e. The van der Waals surface area contributed by atoms with Gasteiger partial charge in [-0.2, -0.15) is 5.01 Å². The van der Waals surface area contributed by atoms with Crippen molar-refractivity contribution in [1.82, 2.24) is 5.01 Å². The van der Waals surface area contributed by atoms with Gasteiger partial charge in [-0.25, -0.2) is 0 Å². The van der Waals surface area contributed by atoms with Crippen LogP contribution in [0.3, 0.4) is 0 Å². The molecule has 0 fully saturated rings. The lowest BCUT2D eigenvalue weighted by atomic mass is 11.2. The molecule has 3 heteroatoms. The zero-order chi connectivity index (χ0) is 4.28. The molecule has 0 amide bonds. The molecular formula is C2H8N2O. The molecule has 0 rings (SSSR count). The first-order valence-corrected chi connectivity index (χ1v) is 1.39. The van der Waals surface area contributed by atoms with Crippen LogP contribution in [-0.4, -0.2) is 19.1 Å². The van der Waals surface area contributed by atoms with Crippen LogP contribution in [-0.2, 0) is 0 Å². The van der Waals surface area contributed by atoms with Gasteiger partial charge in [0.1, 0.15) is 0 Å². The number of nitrogens with two attached hydrogens (primary N) is 1. The Hall–Kier alpha value is -0.120. The van der Waals surface area contributed by atoms with Crippen molar-refractivity contribution in [2.45, 2.75) is 0 Å². The van der Waals surface area contributed by atoms with E-state index in [0.29, 0.717) is 0 Å². The average Bonchev–Trinajstić information content (AvgIpc) is 1.38. The van der Waals surface area contributed by atoms with Crippen LogP contribution in [0.1, 0.15) is 0 Å². The monoisotopic (exact) mass is 76.1 g/mol. The summed E-state index contributed by atoms with van der Waals surface area (Å²) in [5.41, 5.74) is 0.750. The van der Waals surface area contributed by atoms with Gasteiger partial charge in [-0.05, 0) is 0 Å². The van der Waals surface area contributed by atoms with Crippen molar-refractivity contribution in [2.75, 3.05) is 14.1 Å². The van der Waals surface area contributed by atoms with Gasteiger partial charge in [-0.15, -0.1) is 0 Å².